The highest BCUT2D eigenvalue weighted by Gasteiger charge is 2.21. The lowest BCUT2D eigenvalue weighted by molar-refractivity contribution is 0.158. The molecule has 2 heterocycles. The van der Waals surface area contributed by atoms with Gasteiger partial charge in [-0.3, -0.25) is 4.90 Å². The molecule has 1 saturated heterocycles. The summed E-state index contributed by atoms with van der Waals surface area (Å²) in [5, 5.41) is 0. The number of aromatic nitrogens is 1. The Morgan fingerprint density at radius 1 is 1.47 bits per heavy atom. The first-order valence-electron chi connectivity index (χ1n) is 6.14. The summed E-state index contributed by atoms with van der Waals surface area (Å²) in [7, 11) is 1.63. The van der Waals surface area contributed by atoms with Crippen molar-refractivity contribution in [3.05, 3.63) is 23.9 Å². The van der Waals surface area contributed by atoms with Crippen LogP contribution in [0, 0.1) is 5.92 Å². The fourth-order valence-electron chi connectivity index (χ4n) is 2.53. The van der Waals surface area contributed by atoms with E-state index in [1.54, 1.807) is 7.11 Å². The van der Waals surface area contributed by atoms with Gasteiger partial charge in [0.05, 0.1) is 7.11 Å². The van der Waals surface area contributed by atoms with E-state index in [0.29, 0.717) is 17.8 Å². The Morgan fingerprint density at radius 2 is 2.29 bits per heavy atom. The highest BCUT2D eigenvalue weighted by Crippen LogP contribution is 2.17. The highest BCUT2D eigenvalue weighted by atomic mass is 16.5. The monoisotopic (exact) mass is 235 g/mol. The summed E-state index contributed by atoms with van der Waals surface area (Å²) >= 11 is 0. The predicted molar refractivity (Wildman–Crippen MR) is 67.8 cm³/mol. The van der Waals surface area contributed by atoms with E-state index in [4.69, 9.17) is 10.5 Å². The van der Waals surface area contributed by atoms with Crippen molar-refractivity contribution in [3.63, 3.8) is 0 Å². The molecule has 2 unspecified atom stereocenters. The first-order valence-corrected chi connectivity index (χ1v) is 6.14. The van der Waals surface area contributed by atoms with Crippen LogP contribution in [0.5, 0.6) is 5.88 Å². The average molecular weight is 235 g/mol. The standard InChI is InChI=1S/C13H21N3O/c1-10-5-12(14)9-16(7-10)8-11-3-4-13(17-2)15-6-11/h3-4,6,10,12H,5,7-9,14H2,1-2H3. The third-order valence-electron chi connectivity index (χ3n) is 3.18. The van der Waals surface area contributed by atoms with Crippen LogP contribution in [0.15, 0.2) is 18.3 Å². The number of ether oxygens (including phenoxy) is 1. The summed E-state index contributed by atoms with van der Waals surface area (Å²) < 4.78 is 5.05. The number of pyridine rings is 1. The predicted octanol–water partition coefficient (Wildman–Crippen LogP) is 1.26. The Morgan fingerprint density at radius 3 is 2.88 bits per heavy atom. The van der Waals surface area contributed by atoms with Gasteiger partial charge in [-0.05, 0) is 17.9 Å². The van der Waals surface area contributed by atoms with Crippen LogP contribution in [-0.2, 0) is 6.54 Å². The molecule has 4 heteroatoms. The molecule has 2 atom stereocenters. The van der Waals surface area contributed by atoms with E-state index in [9.17, 15) is 0 Å². The van der Waals surface area contributed by atoms with Crippen LogP contribution < -0.4 is 10.5 Å². The molecule has 0 amide bonds. The van der Waals surface area contributed by atoms with E-state index in [0.717, 1.165) is 26.1 Å². The number of piperidine rings is 1. The highest BCUT2D eigenvalue weighted by molar-refractivity contribution is 5.17. The van der Waals surface area contributed by atoms with Crippen molar-refractivity contribution >= 4 is 0 Å². The van der Waals surface area contributed by atoms with Gasteiger partial charge in [0.15, 0.2) is 0 Å². The van der Waals surface area contributed by atoms with Crippen LogP contribution in [0.1, 0.15) is 18.9 Å². The van der Waals surface area contributed by atoms with Crippen LogP contribution in [-0.4, -0.2) is 36.1 Å². The van der Waals surface area contributed by atoms with Crippen LogP contribution >= 0.6 is 0 Å². The van der Waals surface area contributed by atoms with Crippen molar-refractivity contribution in [2.75, 3.05) is 20.2 Å². The summed E-state index contributed by atoms with van der Waals surface area (Å²) in [5.74, 6) is 1.35. The van der Waals surface area contributed by atoms with E-state index in [1.165, 1.54) is 5.56 Å². The van der Waals surface area contributed by atoms with Gasteiger partial charge in [-0.15, -0.1) is 0 Å². The number of nitrogens with two attached hydrogens (primary N) is 1. The molecule has 1 aliphatic heterocycles. The molecule has 94 valence electrons. The molecule has 1 aromatic heterocycles. The van der Waals surface area contributed by atoms with E-state index >= 15 is 0 Å². The summed E-state index contributed by atoms with van der Waals surface area (Å²) in [6, 6.07) is 4.28. The molecule has 2 N–H and O–H groups in total. The second-order valence-corrected chi connectivity index (χ2v) is 5.00. The summed E-state index contributed by atoms with van der Waals surface area (Å²) in [4.78, 5) is 6.63. The van der Waals surface area contributed by atoms with E-state index in [1.807, 2.05) is 12.3 Å². The van der Waals surface area contributed by atoms with Crippen LogP contribution in [0.4, 0.5) is 0 Å². The fourth-order valence-corrected chi connectivity index (χ4v) is 2.53. The molecule has 17 heavy (non-hydrogen) atoms. The molecule has 1 aromatic rings. The Bertz CT molecular complexity index is 342. The van der Waals surface area contributed by atoms with Gasteiger partial charge in [-0.2, -0.15) is 0 Å². The first kappa shape index (κ1) is 12.3. The largest absolute Gasteiger partial charge is 0.481 e. The number of likely N-dealkylation sites (tertiary alicyclic amines) is 1. The normalized spacial score (nSPS) is 25.8. The zero-order chi connectivity index (χ0) is 12.3. The zero-order valence-electron chi connectivity index (χ0n) is 10.6. The molecular formula is C13H21N3O. The van der Waals surface area contributed by atoms with Gasteiger partial charge >= 0.3 is 0 Å². The summed E-state index contributed by atoms with van der Waals surface area (Å²) in [5.41, 5.74) is 7.25. The third kappa shape index (κ3) is 3.41. The van der Waals surface area contributed by atoms with Crippen molar-refractivity contribution in [2.45, 2.75) is 25.9 Å². The lowest BCUT2D eigenvalue weighted by Crippen LogP contribution is -2.45. The maximum Gasteiger partial charge on any atom is 0.212 e. The zero-order valence-corrected chi connectivity index (χ0v) is 10.6. The van der Waals surface area contributed by atoms with Gasteiger partial charge < -0.3 is 10.5 Å². The second kappa shape index (κ2) is 5.47. The minimum Gasteiger partial charge on any atom is -0.481 e. The van der Waals surface area contributed by atoms with E-state index in [2.05, 4.69) is 22.9 Å². The number of methoxy groups -OCH3 is 1. The van der Waals surface area contributed by atoms with Crippen LogP contribution in [0.3, 0.4) is 0 Å². The van der Waals surface area contributed by atoms with Crippen molar-refractivity contribution < 1.29 is 4.74 Å². The molecule has 0 spiro atoms. The van der Waals surface area contributed by atoms with Crippen molar-refractivity contribution in [3.8, 4) is 5.88 Å². The molecule has 1 fully saturated rings. The topological polar surface area (TPSA) is 51.4 Å². The Labute approximate surface area is 103 Å². The smallest absolute Gasteiger partial charge is 0.212 e. The molecule has 1 aliphatic rings. The molecule has 2 rings (SSSR count). The lowest BCUT2D eigenvalue weighted by atomic mass is 9.96. The van der Waals surface area contributed by atoms with Gasteiger partial charge in [-0.1, -0.05) is 13.0 Å². The lowest BCUT2D eigenvalue weighted by Gasteiger charge is -2.34. The number of rotatable bonds is 3. The van der Waals surface area contributed by atoms with Gasteiger partial charge in [0.2, 0.25) is 5.88 Å². The fraction of sp³-hybridized carbons (Fsp3) is 0.615. The van der Waals surface area contributed by atoms with Gasteiger partial charge in [0, 0.05) is 37.9 Å². The van der Waals surface area contributed by atoms with E-state index < -0.39 is 0 Å². The Balaban J connectivity index is 1.95. The molecule has 0 aliphatic carbocycles. The minimum atomic E-state index is 0.310. The average Bonchev–Trinajstić information content (AvgIpc) is 2.28. The Kier molecular flexibility index (Phi) is 3.97. The van der Waals surface area contributed by atoms with Crippen molar-refractivity contribution in [2.24, 2.45) is 11.7 Å². The maximum atomic E-state index is 6.04. The molecule has 0 bridgehead atoms. The number of hydrogen-bond donors (Lipinski definition) is 1. The van der Waals surface area contributed by atoms with Crippen LogP contribution in [0.25, 0.3) is 0 Å². The van der Waals surface area contributed by atoms with Gasteiger partial charge in [0.25, 0.3) is 0 Å². The number of hydrogen-bond acceptors (Lipinski definition) is 4. The molecule has 4 nitrogen and oxygen atoms in total. The van der Waals surface area contributed by atoms with Crippen molar-refractivity contribution in [1.29, 1.82) is 0 Å². The number of nitrogens with zero attached hydrogens (tertiary/aromatic N) is 2. The quantitative estimate of drug-likeness (QED) is 0.857. The van der Waals surface area contributed by atoms with Gasteiger partial charge in [-0.25, -0.2) is 4.98 Å². The summed E-state index contributed by atoms with van der Waals surface area (Å²) in [6.45, 7) is 5.30. The molecule has 0 saturated carbocycles. The van der Waals surface area contributed by atoms with Crippen LogP contribution in [0.2, 0.25) is 0 Å². The third-order valence-corrected chi connectivity index (χ3v) is 3.18. The summed E-state index contributed by atoms with van der Waals surface area (Å²) in [6.07, 6.45) is 3.01. The second-order valence-electron chi connectivity index (χ2n) is 5.00. The van der Waals surface area contributed by atoms with E-state index in [-0.39, 0.29) is 0 Å². The Hall–Kier alpha value is -1.13. The first-order chi connectivity index (χ1) is 8.17. The molecule has 0 radical (unpaired) electrons. The van der Waals surface area contributed by atoms with Gasteiger partial charge in [0.1, 0.15) is 0 Å². The maximum absolute atomic E-state index is 6.04. The minimum absolute atomic E-state index is 0.310. The molecular weight excluding hydrogens is 214 g/mol. The SMILES string of the molecule is COc1ccc(CN2CC(C)CC(N)C2)cn1. The molecule has 0 aromatic carbocycles. The van der Waals surface area contributed by atoms with Crippen molar-refractivity contribution in [1.82, 2.24) is 9.88 Å².